The Morgan fingerprint density at radius 1 is 0.955 bits per heavy atom. The van der Waals surface area contributed by atoms with Crippen LogP contribution in [-0.4, -0.2) is 43.1 Å². The van der Waals surface area contributed by atoms with Crippen molar-refractivity contribution in [2.75, 3.05) is 36.1 Å². The Bertz CT molecular complexity index is 631. The summed E-state index contributed by atoms with van der Waals surface area (Å²) in [6, 6.07) is 0. The van der Waals surface area contributed by atoms with Crippen LogP contribution in [0, 0.1) is 17.6 Å². The summed E-state index contributed by atoms with van der Waals surface area (Å²) >= 11 is 0. The maximum absolute atomic E-state index is 14.6. The van der Waals surface area contributed by atoms with Crippen molar-refractivity contribution in [1.29, 1.82) is 0 Å². The van der Waals surface area contributed by atoms with E-state index >= 15 is 0 Å². The van der Waals surface area contributed by atoms with Crippen molar-refractivity contribution in [3.8, 4) is 0 Å². The van der Waals surface area contributed by atoms with Crippen LogP contribution < -0.4 is 9.80 Å². The number of imide groups is 1. The van der Waals surface area contributed by atoms with Crippen molar-refractivity contribution >= 4 is 23.3 Å². The first-order valence-corrected chi connectivity index (χ1v) is 6.73. The number of halogens is 3. The number of carbonyl (C=O) groups is 2. The molecule has 2 amide bonds. The number of nitrogens with zero attached hydrogens (tertiary/aromatic N) is 3. The lowest BCUT2D eigenvalue weighted by Gasteiger charge is -2.29. The first-order valence-electron chi connectivity index (χ1n) is 6.73. The van der Waals surface area contributed by atoms with Gasteiger partial charge < -0.3 is 9.64 Å². The van der Waals surface area contributed by atoms with E-state index in [0.29, 0.717) is 4.90 Å². The standard InChI is InChI=1S/C13H12F3N3O3/c14-9-11(19-7(20)1-2-8(19)21)10(15)13(17-12(9)16)18-3-5-22-6-4-18/h1-6H2. The molecule has 9 heteroatoms. The van der Waals surface area contributed by atoms with Crippen LogP contribution in [0.4, 0.5) is 24.7 Å². The molecule has 0 unspecified atom stereocenters. The predicted octanol–water partition coefficient (Wildman–Crippen LogP) is 0.989. The van der Waals surface area contributed by atoms with E-state index in [9.17, 15) is 22.8 Å². The monoisotopic (exact) mass is 315 g/mol. The van der Waals surface area contributed by atoms with E-state index in [1.807, 2.05) is 0 Å². The average molecular weight is 315 g/mol. The van der Waals surface area contributed by atoms with E-state index in [-0.39, 0.29) is 39.1 Å². The van der Waals surface area contributed by atoms with Gasteiger partial charge in [-0.25, -0.2) is 9.29 Å². The molecule has 1 aromatic rings. The Balaban J connectivity index is 2.11. The topological polar surface area (TPSA) is 62.7 Å². The molecular formula is C13H12F3N3O3. The van der Waals surface area contributed by atoms with Crippen LogP contribution in [0.15, 0.2) is 0 Å². The highest BCUT2D eigenvalue weighted by atomic mass is 19.2. The number of rotatable bonds is 2. The summed E-state index contributed by atoms with van der Waals surface area (Å²) < 4.78 is 47.4. The van der Waals surface area contributed by atoms with Gasteiger partial charge in [-0.3, -0.25) is 9.59 Å². The zero-order chi connectivity index (χ0) is 15.9. The van der Waals surface area contributed by atoms with Crippen molar-refractivity contribution in [1.82, 2.24) is 4.98 Å². The minimum Gasteiger partial charge on any atom is -0.378 e. The summed E-state index contributed by atoms with van der Waals surface area (Å²) in [6.45, 7) is 1.07. The van der Waals surface area contributed by atoms with Gasteiger partial charge >= 0.3 is 0 Å². The van der Waals surface area contributed by atoms with E-state index in [4.69, 9.17) is 4.74 Å². The van der Waals surface area contributed by atoms with Crippen molar-refractivity contribution in [3.63, 3.8) is 0 Å². The van der Waals surface area contributed by atoms with Gasteiger partial charge in [0.25, 0.3) is 5.95 Å². The summed E-state index contributed by atoms with van der Waals surface area (Å²) in [7, 11) is 0. The smallest absolute Gasteiger partial charge is 0.253 e. The first kappa shape index (κ1) is 14.8. The van der Waals surface area contributed by atoms with E-state index < -0.39 is 40.9 Å². The van der Waals surface area contributed by atoms with Crippen molar-refractivity contribution in [2.45, 2.75) is 12.8 Å². The lowest BCUT2D eigenvalue weighted by atomic mass is 10.2. The van der Waals surface area contributed by atoms with Gasteiger partial charge in [-0.05, 0) is 0 Å². The predicted molar refractivity (Wildman–Crippen MR) is 68.9 cm³/mol. The largest absolute Gasteiger partial charge is 0.378 e. The van der Waals surface area contributed by atoms with Gasteiger partial charge in [0.2, 0.25) is 17.6 Å². The zero-order valence-corrected chi connectivity index (χ0v) is 11.4. The number of pyridine rings is 1. The lowest BCUT2D eigenvalue weighted by molar-refractivity contribution is -0.121. The summed E-state index contributed by atoms with van der Waals surface area (Å²) in [4.78, 5) is 28.4. The Morgan fingerprint density at radius 3 is 2.14 bits per heavy atom. The van der Waals surface area contributed by atoms with E-state index in [1.165, 1.54) is 4.90 Å². The van der Waals surface area contributed by atoms with Gasteiger partial charge in [-0.1, -0.05) is 0 Å². The van der Waals surface area contributed by atoms with Crippen molar-refractivity contribution in [2.24, 2.45) is 0 Å². The van der Waals surface area contributed by atoms with Crippen molar-refractivity contribution < 1.29 is 27.5 Å². The third-order valence-corrected chi connectivity index (χ3v) is 3.58. The van der Waals surface area contributed by atoms with Crippen LogP contribution in [0.5, 0.6) is 0 Å². The molecule has 3 rings (SSSR count). The highest BCUT2D eigenvalue weighted by Crippen LogP contribution is 2.34. The second-order valence-corrected chi connectivity index (χ2v) is 4.93. The van der Waals surface area contributed by atoms with E-state index in [2.05, 4.69) is 4.98 Å². The Hall–Kier alpha value is -2.16. The maximum Gasteiger partial charge on any atom is 0.253 e. The van der Waals surface area contributed by atoms with Crippen molar-refractivity contribution in [3.05, 3.63) is 17.6 Å². The quantitative estimate of drug-likeness (QED) is 0.601. The summed E-state index contributed by atoms with van der Waals surface area (Å²) in [6.07, 6.45) is -0.316. The van der Waals surface area contributed by atoms with Gasteiger partial charge in [0.15, 0.2) is 11.6 Å². The molecule has 0 radical (unpaired) electrons. The molecule has 2 fully saturated rings. The second kappa shape index (κ2) is 5.56. The molecule has 118 valence electrons. The lowest BCUT2D eigenvalue weighted by Crippen LogP contribution is -2.38. The highest BCUT2D eigenvalue weighted by Gasteiger charge is 2.37. The van der Waals surface area contributed by atoms with Crippen LogP contribution in [0.2, 0.25) is 0 Å². The summed E-state index contributed by atoms with van der Waals surface area (Å²) in [5.41, 5.74) is -0.985. The molecule has 0 spiro atoms. The van der Waals surface area contributed by atoms with Crippen LogP contribution in [0.1, 0.15) is 12.8 Å². The van der Waals surface area contributed by atoms with Crippen LogP contribution in [-0.2, 0) is 14.3 Å². The molecule has 22 heavy (non-hydrogen) atoms. The van der Waals surface area contributed by atoms with Crippen LogP contribution in [0.25, 0.3) is 0 Å². The fourth-order valence-corrected chi connectivity index (χ4v) is 2.50. The number of carbonyl (C=O) groups excluding carboxylic acids is 2. The molecule has 0 atom stereocenters. The molecule has 2 saturated heterocycles. The Morgan fingerprint density at radius 2 is 1.55 bits per heavy atom. The molecule has 3 heterocycles. The molecular weight excluding hydrogens is 303 g/mol. The highest BCUT2D eigenvalue weighted by molar-refractivity contribution is 6.20. The Labute approximate surface area is 123 Å². The van der Waals surface area contributed by atoms with E-state index in [1.54, 1.807) is 0 Å². The third kappa shape index (κ3) is 2.31. The third-order valence-electron chi connectivity index (χ3n) is 3.58. The van der Waals surface area contributed by atoms with Gasteiger partial charge in [0.05, 0.1) is 13.2 Å². The minimum atomic E-state index is -1.64. The number of amides is 2. The Kier molecular flexibility index (Phi) is 3.73. The number of anilines is 2. The molecule has 2 aliphatic heterocycles. The molecule has 0 saturated carbocycles. The fourth-order valence-electron chi connectivity index (χ4n) is 2.50. The summed E-state index contributed by atoms with van der Waals surface area (Å²) in [5.74, 6) is -6.36. The second-order valence-electron chi connectivity index (χ2n) is 4.93. The molecule has 0 aliphatic carbocycles. The van der Waals surface area contributed by atoms with Gasteiger partial charge in [-0.15, -0.1) is 0 Å². The number of aromatic nitrogens is 1. The minimum absolute atomic E-state index is 0.158. The molecule has 2 aliphatic rings. The molecule has 1 aromatic heterocycles. The van der Waals surface area contributed by atoms with Crippen LogP contribution in [0.3, 0.4) is 0 Å². The molecule has 0 aromatic carbocycles. The van der Waals surface area contributed by atoms with E-state index in [0.717, 1.165) is 0 Å². The normalized spacial score (nSPS) is 19.2. The zero-order valence-electron chi connectivity index (χ0n) is 11.4. The molecule has 0 N–H and O–H groups in total. The molecule has 0 bridgehead atoms. The SMILES string of the molecule is O=C1CCC(=O)N1c1c(F)c(F)nc(N2CCOCC2)c1F. The van der Waals surface area contributed by atoms with Gasteiger partial charge in [-0.2, -0.15) is 13.8 Å². The van der Waals surface area contributed by atoms with Gasteiger partial charge in [0, 0.05) is 25.9 Å². The average Bonchev–Trinajstić information content (AvgIpc) is 2.84. The number of ether oxygens (including phenoxy) is 1. The number of morpholine rings is 1. The van der Waals surface area contributed by atoms with Gasteiger partial charge in [0.1, 0.15) is 5.69 Å². The number of hydrogen-bond acceptors (Lipinski definition) is 5. The summed E-state index contributed by atoms with van der Waals surface area (Å²) in [5, 5.41) is 0. The van der Waals surface area contributed by atoms with Crippen LogP contribution >= 0.6 is 0 Å². The fraction of sp³-hybridized carbons (Fsp3) is 0.462. The molecule has 6 nitrogen and oxygen atoms in total. The number of hydrogen-bond donors (Lipinski definition) is 0. The first-order chi connectivity index (χ1) is 10.5. The maximum atomic E-state index is 14.6.